The second-order valence-corrected chi connectivity index (χ2v) is 8.01. The minimum atomic E-state index is -0.00744. The van der Waals surface area contributed by atoms with Crippen molar-refractivity contribution in [3.8, 4) is 11.8 Å². The van der Waals surface area contributed by atoms with Gasteiger partial charge < -0.3 is 10.5 Å². The fraction of sp³-hybridized carbons (Fsp3) is 0.381. The molecule has 0 radical (unpaired) electrons. The molecule has 5 heteroatoms. The summed E-state index contributed by atoms with van der Waals surface area (Å²) in [6.07, 6.45) is 2.16. The van der Waals surface area contributed by atoms with Crippen molar-refractivity contribution < 1.29 is 4.74 Å². The summed E-state index contributed by atoms with van der Waals surface area (Å²) in [5.74, 6) is 1.37. The van der Waals surface area contributed by atoms with Crippen LogP contribution < -0.4 is 10.5 Å². The number of likely N-dealkylation sites (tertiary alicyclic amines) is 1. The summed E-state index contributed by atoms with van der Waals surface area (Å²) in [7, 11) is 0. The van der Waals surface area contributed by atoms with Crippen molar-refractivity contribution in [2.45, 2.75) is 25.0 Å². The van der Waals surface area contributed by atoms with Gasteiger partial charge in [-0.25, -0.2) is 0 Å². The van der Waals surface area contributed by atoms with Crippen LogP contribution in [0.3, 0.4) is 0 Å². The van der Waals surface area contributed by atoms with Gasteiger partial charge in [0, 0.05) is 6.54 Å². The summed E-state index contributed by atoms with van der Waals surface area (Å²) in [6, 6.07) is 16.5. The van der Waals surface area contributed by atoms with Crippen molar-refractivity contribution in [3.05, 3.63) is 63.6 Å². The van der Waals surface area contributed by atoms with Gasteiger partial charge in [0.25, 0.3) is 0 Å². The van der Waals surface area contributed by atoms with Gasteiger partial charge in [-0.2, -0.15) is 5.26 Å². The van der Waals surface area contributed by atoms with Crippen molar-refractivity contribution in [1.82, 2.24) is 4.90 Å². The van der Waals surface area contributed by atoms with Crippen LogP contribution in [-0.2, 0) is 6.42 Å². The molecule has 0 bridgehead atoms. The lowest BCUT2D eigenvalue weighted by molar-refractivity contribution is 0.0911. The molecule has 134 valence electrons. The molecule has 3 atom stereocenters. The predicted octanol–water partition coefficient (Wildman–Crippen LogP) is 3.65. The highest BCUT2D eigenvalue weighted by Crippen LogP contribution is 2.41. The fourth-order valence-corrected chi connectivity index (χ4v) is 4.63. The van der Waals surface area contributed by atoms with E-state index in [0.717, 1.165) is 42.7 Å². The van der Waals surface area contributed by atoms with Crippen molar-refractivity contribution >= 4 is 15.9 Å². The summed E-state index contributed by atoms with van der Waals surface area (Å²) in [6.45, 7) is 2.88. The third kappa shape index (κ3) is 3.25. The van der Waals surface area contributed by atoms with E-state index < -0.39 is 0 Å². The lowest BCUT2D eigenvalue weighted by Crippen LogP contribution is -2.39. The van der Waals surface area contributed by atoms with Gasteiger partial charge >= 0.3 is 0 Å². The van der Waals surface area contributed by atoms with Crippen LogP contribution in [0.25, 0.3) is 0 Å². The van der Waals surface area contributed by atoms with Crippen molar-refractivity contribution in [2.75, 3.05) is 19.6 Å². The highest BCUT2D eigenvalue weighted by Gasteiger charge is 2.40. The van der Waals surface area contributed by atoms with Crippen LogP contribution in [0.4, 0.5) is 0 Å². The standard InChI is InChI=1S/C21H22BrN3O/c22-18-9-14(11-23)5-6-20(18)26-21-17-4-2-1-3-16(17)10-19(21)25-8-7-15(12-24)13-25/h1-6,9,15,19,21H,7-8,10,12-13,24H2/t15-,19-,21-/m1/s1. The lowest BCUT2D eigenvalue weighted by Gasteiger charge is -2.30. The molecule has 1 aliphatic carbocycles. The zero-order valence-corrected chi connectivity index (χ0v) is 16.2. The highest BCUT2D eigenvalue weighted by molar-refractivity contribution is 9.10. The third-order valence-corrected chi connectivity index (χ3v) is 6.19. The number of rotatable bonds is 4. The van der Waals surface area contributed by atoms with Gasteiger partial charge in [0.1, 0.15) is 11.9 Å². The monoisotopic (exact) mass is 411 g/mol. The van der Waals surface area contributed by atoms with E-state index >= 15 is 0 Å². The van der Waals surface area contributed by atoms with Crippen LogP contribution >= 0.6 is 15.9 Å². The maximum Gasteiger partial charge on any atom is 0.140 e. The minimum Gasteiger partial charge on any atom is -0.483 e. The van der Waals surface area contributed by atoms with Crippen molar-refractivity contribution in [3.63, 3.8) is 0 Å². The summed E-state index contributed by atoms with van der Waals surface area (Å²) in [5.41, 5.74) is 9.15. The molecule has 2 aromatic rings. The number of nitrogens with zero attached hydrogens (tertiary/aromatic N) is 2. The lowest BCUT2D eigenvalue weighted by atomic mass is 10.1. The van der Waals surface area contributed by atoms with E-state index in [2.05, 4.69) is 51.2 Å². The quantitative estimate of drug-likeness (QED) is 0.833. The molecule has 4 rings (SSSR count). The number of hydrogen-bond donors (Lipinski definition) is 1. The first-order chi connectivity index (χ1) is 12.7. The number of nitriles is 1. The van der Waals surface area contributed by atoms with E-state index in [-0.39, 0.29) is 6.10 Å². The molecule has 0 aromatic heterocycles. The largest absolute Gasteiger partial charge is 0.483 e. The number of hydrogen-bond acceptors (Lipinski definition) is 4. The van der Waals surface area contributed by atoms with Crippen LogP contribution in [0.2, 0.25) is 0 Å². The molecule has 0 amide bonds. The number of benzene rings is 2. The summed E-state index contributed by atoms with van der Waals surface area (Å²) in [5, 5.41) is 9.07. The molecule has 1 aliphatic heterocycles. The molecule has 26 heavy (non-hydrogen) atoms. The molecule has 4 nitrogen and oxygen atoms in total. The van der Waals surface area contributed by atoms with Crippen molar-refractivity contribution in [1.29, 1.82) is 5.26 Å². The SMILES string of the molecule is N#Cc1ccc(O[C@@H]2c3ccccc3C[C@H]2N2CC[C@H](CN)C2)c(Br)c1. The molecule has 1 heterocycles. The Morgan fingerprint density at radius 1 is 1.27 bits per heavy atom. The first kappa shape index (κ1) is 17.5. The average Bonchev–Trinajstić information content (AvgIpc) is 3.28. The maximum atomic E-state index is 9.07. The smallest absolute Gasteiger partial charge is 0.140 e. The van der Waals surface area contributed by atoms with Gasteiger partial charge in [0.2, 0.25) is 0 Å². The summed E-state index contributed by atoms with van der Waals surface area (Å²) >= 11 is 3.55. The van der Waals surface area contributed by atoms with E-state index in [1.807, 2.05) is 12.1 Å². The Bertz CT molecular complexity index is 847. The minimum absolute atomic E-state index is 0.00744. The normalized spacial score (nSPS) is 25.0. The van der Waals surface area contributed by atoms with Crippen molar-refractivity contribution in [2.24, 2.45) is 11.7 Å². The maximum absolute atomic E-state index is 9.07. The number of halogens is 1. The molecule has 2 aliphatic rings. The topological polar surface area (TPSA) is 62.3 Å². The molecule has 0 saturated carbocycles. The zero-order chi connectivity index (χ0) is 18.1. The first-order valence-electron chi connectivity index (χ1n) is 9.08. The molecule has 0 spiro atoms. The second-order valence-electron chi connectivity index (χ2n) is 7.15. The van der Waals surface area contributed by atoms with Crippen LogP contribution in [0.1, 0.15) is 29.2 Å². The first-order valence-corrected chi connectivity index (χ1v) is 9.87. The van der Waals surface area contributed by atoms with Gasteiger partial charge in [-0.1, -0.05) is 24.3 Å². The molecule has 1 fully saturated rings. The third-order valence-electron chi connectivity index (χ3n) is 5.57. The van der Waals surface area contributed by atoms with E-state index in [0.29, 0.717) is 17.5 Å². The Labute approximate surface area is 162 Å². The number of ether oxygens (including phenoxy) is 1. The Hall–Kier alpha value is -1.87. The summed E-state index contributed by atoms with van der Waals surface area (Å²) in [4.78, 5) is 2.54. The van der Waals surface area contributed by atoms with Crippen LogP contribution in [0.15, 0.2) is 46.9 Å². The van der Waals surface area contributed by atoms with Gasteiger partial charge in [0.05, 0.1) is 22.1 Å². The Morgan fingerprint density at radius 2 is 2.12 bits per heavy atom. The zero-order valence-electron chi connectivity index (χ0n) is 14.6. The predicted molar refractivity (Wildman–Crippen MR) is 105 cm³/mol. The summed E-state index contributed by atoms with van der Waals surface area (Å²) < 4.78 is 7.32. The van der Waals surface area contributed by atoms with Gasteiger partial charge in [-0.3, -0.25) is 4.90 Å². The number of fused-ring (bicyclic) bond motifs is 1. The molecule has 2 aromatic carbocycles. The van der Waals surface area contributed by atoms with Crippen LogP contribution in [-0.4, -0.2) is 30.6 Å². The molecular weight excluding hydrogens is 390 g/mol. The van der Waals surface area contributed by atoms with Crippen LogP contribution in [0.5, 0.6) is 5.75 Å². The van der Waals surface area contributed by atoms with E-state index in [1.54, 1.807) is 6.07 Å². The van der Waals surface area contributed by atoms with E-state index in [4.69, 9.17) is 15.7 Å². The number of nitrogens with two attached hydrogens (primary N) is 1. The highest BCUT2D eigenvalue weighted by atomic mass is 79.9. The van der Waals surface area contributed by atoms with Gasteiger partial charge in [0.15, 0.2) is 0 Å². The van der Waals surface area contributed by atoms with E-state index in [1.165, 1.54) is 11.1 Å². The van der Waals surface area contributed by atoms with Crippen LogP contribution in [0, 0.1) is 17.2 Å². The fourth-order valence-electron chi connectivity index (χ4n) is 4.16. The Morgan fingerprint density at radius 3 is 2.85 bits per heavy atom. The molecule has 1 saturated heterocycles. The molecule has 0 unspecified atom stereocenters. The molecule has 2 N–H and O–H groups in total. The Balaban J connectivity index is 1.63. The second kappa shape index (κ2) is 7.40. The van der Waals surface area contributed by atoms with E-state index in [9.17, 15) is 0 Å². The Kier molecular flexibility index (Phi) is 4.99. The van der Waals surface area contributed by atoms with Gasteiger partial charge in [-0.05, 0) is 77.1 Å². The van der Waals surface area contributed by atoms with Gasteiger partial charge in [-0.15, -0.1) is 0 Å². The molecular formula is C21H22BrN3O. The average molecular weight is 412 g/mol.